The minimum absolute atomic E-state index is 0.0438. The first-order chi connectivity index (χ1) is 7.62. The summed E-state index contributed by atoms with van der Waals surface area (Å²) in [6, 6.07) is 2.93. The molecular formula is C11H12BrFO3. The van der Waals surface area contributed by atoms with Crippen molar-refractivity contribution in [3.63, 3.8) is 0 Å². The van der Waals surface area contributed by atoms with Crippen molar-refractivity contribution in [2.45, 2.75) is 12.7 Å². The Morgan fingerprint density at radius 1 is 1.44 bits per heavy atom. The van der Waals surface area contributed by atoms with Gasteiger partial charge in [0.2, 0.25) is 0 Å². The third-order valence-corrected chi connectivity index (χ3v) is 2.67. The molecule has 0 heterocycles. The van der Waals surface area contributed by atoms with Crippen LogP contribution in [0.25, 0.3) is 0 Å². The second-order valence-corrected chi connectivity index (χ2v) is 4.10. The number of ether oxygens (including phenoxy) is 2. The third-order valence-electron chi connectivity index (χ3n) is 2.21. The Morgan fingerprint density at radius 3 is 2.56 bits per heavy atom. The quantitative estimate of drug-likeness (QED) is 0.618. The number of hydrogen-bond donors (Lipinski definition) is 0. The highest BCUT2D eigenvalue weighted by molar-refractivity contribution is 9.10. The van der Waals surface area contributed by atoms with E-state index in [9.17, 15) is 9.18 Å². The number of hydrogen-bond acceptors (Lipinski definition) is 3. The van der Waals surface area contributed by atoms with Gasteiger partial charge >= 0.3 is 0 Å². The van der Waals surface area contributed by atoms with Crippen LogP contribution in [0.15, 0.2) is 16.6 Å². The van der Waals surface area contributed by atoms with E-state index in [0.717, 1.165) is 0 Å². The maximum atomic E-state index is 13.4. The SMILES string of the molecule is COC(Cc1cc(Br)cc(F)c1C=O)OC. The van der Waals surface area contributed by atoms with Crippen LogP contribution in [-0.4, -0.2) is 26.8 Å². The Balaban J connectivity index is 3.06. The van der Waals surface area contributed by atoms with Crippen LogP contribution in [0.2, 0.25) is 0 Å². The number of carbonyl (C=O) groups is 1. The number of carbonyl (C=O) groups excluding carboxylic acids is 1. The van der Waals surface area contributed by atoms with Crippen LogP contribution in [0.4, 0.5) is 4.39 Å². The van der Waals surface area contributed by atoms with E-state index in [1.807, 2.05) is 0 Å². The van der Waals surface area contributed by atoms with Gasteiger partial charge in [0.25, 0.3) is 0 Å². The van der Waals surface area contributed by atoms with E-state index in [1.165, 1.54) is 20.3 Å². The molecule has 0 aliphatic rings. The van der Waals surface area contributed by atoms with Crippen molar-refractivity contribution < 1.29 is 18.7 Å². The number of halogens is 2. The molecule has 3 nitrogen and oxygen atoms in total. The molecule has 16 heavy (non-hydrogen) atoms. The summed E-state index contributed by atoms with van der Waals surface area (Å²) in [5.41, 5.74) is 0.595. The zero-order chi connectivity index (χ0) is 12.1. The molecule has 0 aliphatic carbocycles. The van der Waals surface area contributed by atoms with Gasteiger partial charge in [0.05, 0.1) is 5.56 Å². The van der Waals surface area contributed by atoms with E-state index in [-0.39, 0.29) is 5.56 Å². The number of methoxy groups -OCH3 is 2. The Hall–Kier alpha value is -0.780. The van der Waals surface area contributed by atoms with Crippen LogP contribution >= 0.6 is 15.9 Å². The predicted molar refractivity (Wildman–Crippen MR) is 61.0 cm³/mol. The normalized spacial score (nSPS) is 10.8. The summed E-state index contributed by atoms with van der Waals surface area (Å²) in [5, 5.41) is 0. The molecule has 0 radical (unpaired) electrons. The van der Waals surface area contributed by atoms with Gasteiger partial charge in [-0.05, 0) is 17.7 Å². The molecule has 0 atom stereocenters. The summed E-state index contributed by atoms with van der Waals surface area (Å²) in [4.78, 5) is 10.8. The van der Waals surface area contributed by atoms with E-state index in [0.29, 0.717) is 22.7 Å². The lowest BCUT2D eigenvalue weighted by Gasteiger charge is -2.15. The molecule has 0 spiro atoms. The zero-order valence-electron chi connectivity index (χ0n) is 9.00. The smallest absolute Gasteiger partial charge is 0.160 e. The largest absolute Gasteiger partial charge is 0.356 e. The first-order valence-corrected chi connectivity index (χ1v) is 5.40. The van der Waals surface area contributed by atoms with Crippen LogP contribution in [-0.2, 0) is 15.9 Å². The van der Waals surface area contributed by atoms with Crippen molar-refractivity contribution in [1.29, 1.82) is 0 Å². The van der Waals surface area contributed by atoms with Crippen molar-refractivity contribution >= 4 is 22.2 Å². The number of aldehydes is 1. The second kappa shape index (κ2) is 6.08. The first-order valence-electron chi connectivity index (χ1n) is 4.61. The van der Waals surface area contributed by atoms with Crippen LogP contribution in [0.1, 0.15) is 15.9 Å². The molecule has 0 saturated carbocycles. The molecule has 0 amide bonds. The molecular weight excluding hydrogens is 279 g/mol. The Morgan fingerprint density at radius 2 is 2.06 bits per heavy atom. The Bertz CT molecular complexity index is 378. The van der Waals surface area contributed by atoms with E-state index in [2.05, 4.69) is 15.9 Å². The van der Waals surface area contributed by atoms with Crippen molar-refractivity contribution in [3.8, 4) is 0 Å². The predicted octanol–water partition coefficient (Wildman–Crippen LogP) is 2.56. The van der Waals surface area contributed by atoms with Crippen molar-refractivity contribution in [3.05, 3.63) is 33.5 Å². The second-order valence-electron chi connectivity index (χ2n) is 3.18. The van der Waals surface area contributed by atoms with Crippen LogP contribution in [0.3, 0.4) is 0 Å². The molecule has 0 saturated heterocycles. The molecule has 0 aliphatic heterocycles. The fourth-order valence-corrected chi connectivity index (χ4v) is 1.86. The summed E-state index contributed by atoms with van der Waals surface area (Å²) in [6.45, 7) is 0. The van der Waals surface area contributed by atoms with Gasteiger partial charge < -0.3 is 9.47 Å². The van der Waals surface area contributed by atoms with Gasteiger partial charge in [0.15, 0.2) is 12.6 Å². The molecule has 0 aromatic heterocycles. The monoisotopic (exact) mass is 290 g/mol. The molecule has 1 aromatic rings. The van der Waals surface area contributed by atoms with Gasteiger partial charge in [-0.2, -0.15) is 0 Å². The molecule has 0 N–H and O–H groups in total. The molecule has 0 unspecified atom stereocenters. The van der Waals surface area contributed by atoms with Crippen molar-refractivity contribution in [1.82, 2.24) is 0 Å². The van der Waals surface area contributed by atoms with Crippen molar-refractivity contribution in [2.75, 3.05) is 14.2 Å². The highest BCUT2D eigenvalue weighted by Gasteiger charge is 2.14. The maximum Gasteiger partial charge on any atom is 0.160 e. The molecule has 1 rings (SSSR count). The van der Waals surface area contributed by atoms with Gasteiger partial charge in [0, 0.05) is 25.1 Å². The van der Waals surface area contributed by atoms with Gasteiger partial charge in [-0.1, -0.05) is 15.9 Å². The van der Waals surface area contributed by atoms with Crippen molar-refractivity contribution in [2.24, 2.45) is 0 Å². The van der Waals surface area contributed by atoms with E-state index < -0.39 is 12.1 Å². The highest BCUT2D eigenvalue weighted by atomic mass is 79.9. The fourth-order valence-electron chi connectivity index (χ4n) is 1.38. The topological polar surface area (TPSA) is 35.5 Å². The van der Waals surface area contributed by atoms with Gasteiger partial charge in [0.1, 0.15) is 5.82 Å². The summed E-state index contributed by atoms with van der Waals surface area (Å²) < 4.78 is 24.0. The summed E-state index contributed by atoms with van der Waals surface area (Å²) in [7, 11) is 2.98. The van der Waals surface area contributed by atoms with Gasteiger partial charge in [-0.15, -0.1) is 0 Å². The molecule has 0 bridgehead atoms. The molecule has 1 aromatic carbocycles. The summed E-state index contributed by atoms with van der Waals surface area (Å²) in [6.07, 6.45) is 0.323. The lowest BCUT2D eigenvalue weighted by Crippen LogP contribution is -2.17. The maximum absolute atomic E-state index is 13.4. The number of benzene rings is 1. The molecule has 88 valence electrons. The molecule has 5 heteroatoms. The minimum Gasteiger partial charge on any atom is -0.356 e. The fraction of sp³-hybridized carbons (Fsp3) is 0.364. The lowest BCUT2D eigenvalue weighted by molar-refractivity contribution is -0.100. The highest BCUT2D eigenvalue weighted by Crippen LogP contribution is 2.21. The molecule has 0 fully saturated rings. The summed E-state index contributed by atoms with van der Waals surface area (Å²) >= 11 is 3.17. The van der Waals surface area contributed by atoms with E-state index in [1.54, 1.807) is 6.07 Å². The minimum atomic E-state index is -0.551. The standard InChI is InChI=1S/C11H12BrFO3/c1-15-11(16-2)4-7-3-8(12)5-10(13)9(7)6-14/h3,5-6,11H,4H2,1-2H3. The lowest BCUT2D eigenvalue weighted by atomic mass is 10.0. The average Bonchev–Trinajstić information content (AvgIpc) is 2.25. The average molecular weight is 291 g/mol. The van der Waals surface area contributed by atoms with Crippen LogP contribution in [0, 0.1) is 5.82 Å². The van der Waals surface area contributed by atoms with E-state index >= 15 is 0 Å². The van der Waals surface area contributed by atoms with Crippen LogP contribution in [0.5, 0.6) is 0 Å². The third kappa shape index (κ3) is 3.10. The number of rotatable bonds is 5. The van der Waals surface area contributed by atoms with Gasteiger partial charge in [-0.25, -0.2) is 4.39 Å². The van der Waals surface area contributed by atoms with Gasteiger partial charge in [-0.3, -0.25) is 4.79 Å². The van der Waals surface area contributed by atoms with Crippen LogP contribution < -0.4 is 0 Å². The Labute approximate surface area is 102 Å². The first kappa shape index (κ1) is 13.3. The summed E-state index contributed by atoms with van der Waals surface area (Å²) in [5.74, 6) is -0.551. The van der Waals surface area contributed by atoms with E-state index in [4.69, 9.17) is 9.47 Å². The Kier molecular flexibility index (Phi) is 5.05. The zero-order valence-corrected chi connectivity index (χ0v) is 10.6.